The molecule has 6 heteroatoms. The second-order valence-electron chi connectivity index (χ2n) is 5.71. The van der Waals surface area contributed by atoms with Crippen molar-refractivity contribution in [2.45, 2.75) is 37.8 Å². The maximum atomic E-state index is 12.6. The fourth-order valence-corrected chi connectivity index (χ4v) is 3.13. The summed E-state index contributed by atoms with van der Waals surface area (Å²) in [7, 11) is 0. The Kier molecular flexibility index (Phi) is 3.96. The van der Waals surface area contributed by atoms with Gasteiger partial charge in [-0.15, -0.1) is 0 Å². The number of hydrogen-bond acceptors (Lipinski definition) is 4. The average Bonchev–Trinajstić information content (AvgIpc) is 3.17. The second kappa shape index (κ2) is 5.89. The molecule has 21 heavy (non-hydrogen) atoms. The van der Waals surface area contributed by atoms with Gasteiger partial charge in [0.25, 0.3) is 5.91 Å². The Morgan fingerprint density at radius 2 is 2.10 bits per heavy atom. The molecule has 2 amide bonds. The molecule has 2 aliphatic rings. The van der Waals surface area contributed by atoms with Crippen molar-refractivity contribution in [3.63, 3.8) is 0 Å². The third kappa shape index (κ3) is 2.81. The molecular formula is C15H20N2O4. The van der Waals surface area contributed by atoms with Gasteiger partial charge in [0.2, 0.25) is 5.91 Å². The fraction of sp³-hybridized carbons (Fsp3) is 0.600. The molecule has 1 N–H and O–H groups in total. The van der Waals surface area contributed by atoms with E-state index >= 15 is 0 Å². The van der Waals surface area contributed by atoms with Crippen molar-refractivity contribution in [1.29, 1.82) is 0 Å². The Labute approximate surface area is 123 Å². The van der Waals surface area contributed by atoms with Crippen LogP contribution in [0.25, 0.3) is 0 Å². The van der Waals surface area contributed by atoms with Gasteiger partial charge in [-0.25, -0.2) is 0 Å². The zero-order valence-electron chi connectivity index (χ0n) is 11.9. The highest BCUT2D eigenvalue weighted by Gasteiger charge is 2.37. The van der Waals surface area contributed by atoms with Gasteiger partial charge in [-0.3, -0.25) is 9.59 Å². The molecule has 0 bridgehead atoms. The summed E-state index contributed by atoms with van der Waals surface area (Å²) >= 11 is 0. The van der Waals surface area contributed by atoms with Crippen molar-refractivity contribution in [2.75, 3.05) is 19.6 Å². The van der Waals surface area contributed by atoms with Crippen LogP contribution in [0.4, 0.5) is 0 Å². The molecule has 3 rings (SSSR count). The van der Waals surface area contributed by atoms with Gasteiger partial charge in [-0.1, -0.05) is 0 Å². The molecule has 0 saturated carbocycles. The van der Waals surface area contributed by atoms with Gasteiger partial charge >= 0.3 is 0 Å². The van der Waals surface area contributed by atoms with Gasteiger partial charge in [0.05, 0.1) is 12.4 Å². The lowest BCUT2D eigenvalue weighted by molar-refractivity contribution is -0.136. The van der Waals surface area contributed by atoms with Crippen LogP contribution >= 0.6 is 0 Å². The van der Waals surface area contributed by atoms with E-state index < -0.39 is 12.1 Å². The predicted octanol–water partition coefficient (Wildman–Crippen LogP) is 0.868. The molecular weight excluding hydrogens is 272 g/mol. The van der Waals surface area contributed by atoms with E-state index in [0.29, 0.717) is 32.5 Å². The molecule has 1 aromatic rings. The third-order valence-electron chi connectivity index (χ3n) is 4.26. The summed E-state index contributed by atoms with van der Waals surface area (Å²) in [5, 5.41) is 9.58. The summed E-state index contributed by atoms with van der Waals surface area (Å²) in [6, 6.07) is 2.87. The van der Waals surface area contributed by atoms with Gasteiger partial charge in [-0.05, 0) is 37.8 Å². The Bertz CT molecular complexity index is 514. The standard InChI is InChI=1S/C15H20N2O4/c18-11-6-8-16(10-11)14(19)12-4-1-2-7-17(12)15(20)13-5-3-9-21-13/h3,5,9,11-12,18H,1-2,4,6-8,10H2/t11-,12?/m1/s1. The fourth-order valence-electron chi connectivity index (χ4n) is 3.13. The largest absolute Gasteiger partial charge is 0.459 e. The van der Waals surface area contributed by atoms with E-state index in [0.717, 1.165) is 12.8 Å². The van der Waals surface area contributed by atoms with E-state index in [2.05, 4.69) is 0 Å². The highest BCUT2D eigenvalue weighted by atomic mass is 16.3. The Morgan fingerprint density at radius 3 is 2.76 bits per heavy atom. The van der Waals surface area contributed by atoms with E-state index in [9.17, 15) is 14.7 Å². The van der Waals surface area contributed by atoms with Crippen molar-refractivity contribution in [3.8, 4) is 0 Å². The van der Waals surface area contributed by atoms with Gasteiger partial charge in [-0.2, -0.15) is 0 Å². The van der Waals surface area contributed by atoms with E-state index in [1.165, 1.54) is 6.26 Å². The lowest BCUT2D eigenvalue weighted by atomic mass is 10.0. The molecule has 1 aromatic heterocycles. The van der Waals surface area contributed by atoms with E-state index in [4.69, 9.17) is 4.42 Å². The molecule has 2 saturated heterocycles. The topological polar surface area (TPSA) is 74.0 Å². The highest BCUT2D eigenvalue weighted by molar-refractivity contribution is 5.95. The van der Waals surface area contributed by atoms with Crippen LogP contribution < -0.4 is 0 Å². The summed E-state index contributed by atoms with van der Waals surface area (Å²) in [4.78, 5) is 28.4. The summed E-state index contributed by atoms with van der Waals surface area (Å²) in [6.07, 6.45) is 4.16. The first-order valence-corrected chi connectivity index (χ1v) is 7.48. The maximum absolute atomic E-state index is 12.6. The van der Waals surface area contributed by atoms with Crippen molar-refractivity contribution in [3.05, 3.63) is 24.2 Å². The zero-order valence-corrected chi connectivity index (χ0v) is 11.9. The number of piperidine rings is 1. The molecule has 2 atom stereocenters. The van der Waals surface area contributed by atoms with E-state index in [1.807, 2.05) is 0 Å². The van der Waals surface area contributed by atoms with Crippen LogP contribution in [0.3, 0.4) is 0 Å². The molecule has 114 valence electrons. The molecule has 0 spiro atoms. The monoisotopic (exact) mass is 292 g/mol. The summed E-state index contributed by atoms with van der Waals surface area (Å²) in [5.74, 6) is 0.000100. The van der Waals surface area contributed by atoms with Gasteiger partial charge in [0, 0.05) is 19.6 Å². The zero-order chi connectivity index (χ0) is 14.8. The van der Waals surface area contributed by atoms with Crippen molar-refractivity contribution in [2.24, 2.45) is 0 Å². The minimum atomic E-state index is -0.438. The summed E-state index contributed by atoms with van der Waals surface area (Å²) < 4.78 is 5.16. The highest BCUT2D eigenvalue weighted by Crippen LogP contribution is 2.23. The number of furan rings is 1. The second-order valence-corrected chi connectivity index (χ2v) is 5.71. The minimum Gasteiger partial charge on any atom is -0.459 e. The molecule has 0 radical (unpaired) electrons. The quantitative estimate of drug-likeness (QED) is 0.877. The molecule has 2 fully saturated rings. The van der Waals surface area contributed by atoms with Gasteiger partial charge < -0.3 is 19.3 Å². The Balaban J connectivity index is 1.75. The number of aliphatic hydroxyl groups excluding tert-OH is 1. The van der Waals surface area contributed by atoms with Crippen LogP contribution in [0.1, 0.15) is 36.2 Å². The van der Waals surface area contributed by atoms with Crippen LogP contribution in [-0.2, 0) is 4.79 Å². The number of amides is 2. The lowest BCUT2D eigenvalue weighted by Crippen LogP contribution is -2.52. The molecule has 0 aromatic carbocycles. The van der Waals surface area contributed by atoms with Crippen molar-refractivity contribution < 1.29 is 19.1 Å². The number of carbonyl (C=O) groups excluding carboxylic acids is 2. The SMILES string of the molecule is O=C(C1CCCCN1C(=O)c1ccco1)N1CC[C@@H](O)C1. The first-order chi connectivity index (χ1) is 10.2. The van der Waals surface area contributed by atoms with Crippen molar-refractivity contribution in [1.82, 2.24) is 9.80 Å². The number of aliphatic hydroxyl groups is 1. The number of hydrogen-bond donors (Lipinski definition) is 1. The average molecular weight is 292 g/mol. The Hall–Kier alpha value is -1.82. The van der Waals surface area contributed by atoms with Crippen LogP contribution in [-0.4, -0.2) is 58.5 Å². The number of carbonyl (C=O) groups is 2. The maximum Gasteiger partial charge on any atom is 0.290 e. The normalized spacial score (nSPS) is 26.1. The molecule has 6 nitrogen and oxygen atoms in total. The number of β-amino-alcohol motifs (C(OH)–C–C–N with tert-alkyl or cyclic N) is 1. The summed E-state index contributed by atoms with van der Waals surface area (Å²) in [6.45, 7) is 1.52. The first-order valence-electron chi connectivity index (χ1n) is 7.48. The molecule has 3 heterocycles. The van der Waals surface area contributed by atoms with E-state index in [1.54, 1.807) is 21.9 Å². The molecule has 2 aliphatic heterocycles. The number of likely N-dealkylation sites (tertiary alicyclic amines) is 2. The smallest absolute Gasteiger partial charge is 0.290 e. The van der Waals surface area contributed by atoms with Crippen molar-refractivity contribution >= 4 is 11.8 Å². The number of rotatable bonds is 2. The molecule has 0 aliphatic carbocycles. The van der Waals surface area contributed by atoms with E-state index in [-0.39, 0.29) is 17.6 Å². The van der Waals surface area contributed by atoms with Gasteiger partial charge in [0.1, 0.15) is 6.04 Å². The van der Waals surface area contributed by atoms with Crippen LogP contribution in [0.5, 0.6) is 0 Å². The van der Waals surface area contributed by atoms with Crippen LogP contribution in [0.15, 0.2) is 22.8 Å². The summed E-state index contributed by atoms with van der Waals surface area (Å²) in [5.41, 5.74) is 0. The minimum absolute atomic E-state index is 0.0499. The molecule has 1 unspecified atom stereocenters. The van der Waals surface area contributed by atoms with Crippen LogP contribution in [0, 0.1) is 0 Å². The first kappa shape index (κ1) is 14.1. The van der Waals surface area contributed by atoms with Gasteiger partial charge in [0.15, 0.2) is 5.76 Å². The lowest BCUT2D eigenvalue weighted by Gasteiger charge is -2.36. The predicted molar refractivity (Wildman–Crippen MR) is 74.6 cm³/mol. The Morgan fingerprint density at radius 1 is 1.24 bits per heavy atom. The third-order valence-corrected chi connectivity index (χ3v) is 4.26. The number of nitrogens with zero attached hydrogens (tertiary/aromatic N) is 2. The van der Waals surface area contributed by atoms with Crippen LogP contribution in [0.2, 0.25) is 0 Å².